The van der Waals surface area contributed by atoms with E-state index in [4.69, 9.17) is 9.47 Å². The van der Waals surface area contributed by atoms with E-state index in [1.54, 1.807) is 14.2 Å². The molecule has 166 valence electrons. The number of methoxy groups -OCH3 is 2. The van der Waals surface area contributed by atoms with Crippen LogP contribution in [-0.4, -0.2) is 38.1 Å². The Hall–Kier alpha value is -3.31. The van der Waals surface area contributed by atoms with Crippen molar-refractivity contribution >= 4 is 11.6 Å². The van der Waals surface area contributed by atoms with Crippen LogP contribution in [0, 0.1) is 5.92 Å². The average Bonchev–Trinajstić information content (AvgIpc) is 2.85. The van der Waals surface area contributed by atoms with E-state index >= 15 is 0 Å². The number of piperidine rings is 1. The van der Waals surface area contributed by atoms with Crippen LogP contribution in [0.5, 0.6) is 11.5 Å². The van der Waals surface area contributed by atoms with Crippen molar-refractivity contribution in [2.75, 3.05) is 32.6 Å². The summed E-state index contributed by atoms with van der Waals surface area (Å²) in [6, 6.07) is 24.0. The Morgan fingerprint density at radius 2 is 1.62 bits per heavy atom. The second kappa shape index (κ2) is 10.3. The Morgan fingerprint density at radius 3 is 2.38 bits per heavy atom. The fourth-order valence-electron chi connectivity index (χ4n) is 4.25. The zero-order valence-electron chi connectivity index (χ0n) is 18.7. The molecule has 5 nitrogen and oxygen atoms in total. The van der Waals surface area contributed by atoms with Crippen LogP contribution in [0.2, 0.25) is 0 Å². The van der Waals surface area contributed by atoms with E-state index in [2.05, 4.69) is 16.3 Å². The van der Waals surface area contributed by atoms with Crippen LogP contribution in [0.1, 0.15) is 18.4 Å². The largest absolute Gasteiger partial charge is 0.497 e. The van der Waals surface area contributed by atoms with Gasteiger partial charge in [0.2, 0.25) is 5.91 Å². The smallest absolute Gasteiger partial charge is 0.227 e. The standard InChI is InChI=1S/C27H30N2O3/c1-31-25-11-6-9-22(18-25)21-8-5-10-24(17-21)28-27(30)20-13-15-29(16-14-20)19-23-7-3-4-12-26(23)32-2/h3-12,17-18,20H,13-16,19H2,1-2H3,(H,28,30). The molecule has 1 fully saturated rings. The van der Waals surface area contributed by atoms with Crippen molar-refractivity contribution in [1.29, 1.82) is 0 Å². The van der Waals surface area contributed by atoms with E-state index in [0.717, 1.165) is 60.8 Å². The number of anilines is 1. The van der Waals surface area contributed by atoms with Crippen LogP contribution in [0.3, 0.4) is 0 Å². The molecule has 1 aliphatic rings. The molecule has 1 N–H and O–H groups in total. The predicted octanol–water partition coefficient (Wildman–Crippen LogP) is 5.22. The van der Waals surface area contributed by atoms with Gasteiger partial charge in [0, 0.05) is 23.7 Å². The highest BCUT2D eigenvalue weighted by Gasteiger charge is 2.25. The van der Waals surface area contributed by atoms with Gasteiger partial charge in [-0.05, 0) is 67.4 Å². The molecule has 3 aromatic carbocycles. The molecule has 1 saturated heterocycles. The first-order chi connectivity index (χ1) is 15.7. The van der Waals surface area contributed by atoms with E-state index in [9.17, 15) is 4.79 Å². The predicted molar refractivity (Wildman–Crippen MR) is 128 cm³/mol. The van der Waals surface area contributed by atoms with Crippen LogP contribution in [-0.2, 0) is 11.3 Å². The Balaban J connectivity index is 1.34. The lowest BCUT2D eigenvalue weighted by Crippen LogP contribution is -2.37. The Labute approximate surface area is 190 Å². The average molecular weight is 431 g/mol. The van der Waals surface area contributed by atoms with Crippen molar-refractivity contribution in [3.63, 3.8) is 0 Å². The number of likely N-dealkylation sites (tertiary alicyclic amines) is 1. The van der Waals surface area contributed by atoms with Gasteiger partial charge in [-0.15, -0.1) is 0 Å². The number of rotatable bonds is 7. The third-order valence-corrected chi connectivity index (χ3v) is 6.08. The van der Waals surface area contributed by atoms with E-state index in [1.807, 2.05) is 66.7 Å². The molecular formula is C27H30N2O3. The van der Waals surface area contributed by atoms with Crippen molar-refractivity contribution in [2.24, 2.45) is 5.92 Å². The van der Waals surface area contributed by atoms with Crippen LogP contribution in [0.4, 0.5) is 5.69 Å². The second-order valence-corrected chi connectivity index (χ2v) is 8.16. The van der Waals surface area contributed by atoms with Crippen molar-refractivity contribution in [2.45, 2.75) is 19.4 Å². The minimum absolute atomic E-state index is 0.0318. The van der Waals surface area contributed by atoms with Crippen molar-refractivity contribution < 1.29 is 14.3 Å². The highest BCUT2D eigenvalue weighted by Crippen LogP contribution is 2.28. The molecule has 1 aliphatic heterocycles. The van der Waals surface area contributed by atoms with Gasteiger partial charge in [0.1, 0.15) is 11.5 Å². The molecule has 32 heavy (non-hydrogen) atoms. The Bertz CT molecular complexity index is 1060. The molecule has 0 spiro atoms. The van der Waals surface area contributed by atoms with E-state index in [1.165, 1.54) is 5.56 Å². The number of ether oxygens (including phenoxy) is 2. The maximum absolute atomic E-state index is 12.9. The lowest BCUT2D eigenvalue weighted by molar-refractivity contribution is -0.121. The Morgan fingerprint density at radius 1 is 0.906 bits per heavy atom. The van der Waals surface area contributed by atoms with E-state index < -0.39 is 0 Å². The summed E-state index contributed by atoms with van der Waals surface area (Å²) in [5.74, 6) is 1.87. The third kappa shape index (κ3) is 5.29. The van der Waals surface area contributed by atoms with Crippen molar-refractivity contribution in [1.82, 2.24) is 4.90 Å². The van der Waals surface area contributed by atoms with Gasteiger partial charge in [0.05, 0.1) is 14.2 Å². The summed E-state index contributed by atoms with van der Waals surface area (Å²) in [5, 5.41) is 3.12. The van der Waals surface area contributed by atoms with Gasteiger partial charge in [-0.2, -0.15) is 0 Å². The summed E-state index contributed by atoms with van der Waals surface area (Å²) in [6.45, 7) is 2.65. The number of hydrogen-bond acceptors (Lipinski definition) is 4. The summed E-state index contributed by atoms with van der Waals surface area (Å²) in [5.41, 5.74) is 4.12. The monoisotopic (exact) mass is 430 g/mol. The van der Waals surface area contributed by atoms with Crippen LogP contribution in [0.25, 0.3) is 11.1 Å². The summed E-state index contributed by atoms with van der Waals surface area (Å²) >= 11 is 0. The normalized spacial score (nSPS) is 14.7. The maximum atomic E-state index is 12.9. The molecule has 1 amide bonds. The number of carbonyl (C=O) groups is 1. The molecule has 0 unspecified atom stereocenters. The molecule has 4 rings (SSSR count). The van der Waals surface area contributed by atoms with Gasteiger partial charge in [-0.3, -0.25) is 9.69 Å². The number of benzene rings is 3. The molecule has 1 heterocycles. The Kier molecular flexibility index (Phi) is 7.07. The molecule has 5 heteroatoms. The third-order valence-electron chi connectivity index (χ3n) is 6.08. The topological polar surface area (TPSA) is 50.8 Å². The molecule has 0 aromatic heterocycles. The number of nitrogens with zero attached hydrogens (tertiary/aromatic N) is 1. The number of nitrogens with one attached hydrogen (secondary N) is 1. The van der Waals surface area contributed by atoms with Crippen LogP contribution in [0.15, 0.2) is 72.8 Å². The summed E-state index contributed by atoms with van der Waals surface area (Å²) in [6.07, 6.45) is 1.72. The molecule has 3 aromatic rings. The van der Waals surface area contributed by atoms with Gasteiger partial charge in [-0.1, -0.05) is 42.5 Å². The minimum Gasteiger partial charge on any atom is -0.497 e. The van der Waals surface area contributed by atoms with Gasteiger partial charge in [-0.25, -0.2) is 0 Å². The molecule has 0 aliphatic carbocycles. The first-order valence-corrected chi connectivity index (χ1v) is 11.1. The van der Waals surface area contributed by atoms with E-state index in [0.29, 0.717) is 0 Å². The number of para-hydroxylation sites is 1. The molecule has 0 bridgehead atoms. The highest BCUT2D eigenvalue weighted by atomic mass is 16.5. The van der Waals surface area contributed by atoms with Crippen molar-refractivity contribution in [3.8, 4) is 22.6 Å². The zero-order chi connectivity index (χ0) is 22.3. The van der Waals surface area contributed by atoms with Crippen LogP contribution < -0.4 is 14.8 Å². The quantitative estimate of drug-likeness (QED) is 0.558. The number of carbonyl (C=O) groups excluding carboxylic acids is 1. The van der Waals surface area contributed by atoms with Gasteiger partial charge in [0.15, 0.2) is 0 Å². The summed E-state index contributed by atoms with van der Waals surface area (Å²) < 4.78 is 10.8. The number of amides is 1. The fourth-order valence-corrected chi connectivity index (χ4v) is 4.25. The summed E-state index contributed by atoms with van der Waals surface area (Å²) in [4.78, 5) is 15.3. The van der Waals surface area contributed by atoms with Gasteiger partial charge in [0.25, 0.3) is 0 Å². The molecule has 0 saturated carbocycles. The number of hydrogen-bond donors (Lipinski definition) is 1. The van der Waals surface area contributed by atoms with Gasteiger partial charge >= 0.3 is 0 Å². The fraction of sp³-hybridized carbons (Fsp3) is 0.296. The first kappa shape index (κ1) is 21.9. The molecular weight excluding hydrogens is 400 g/mol. The summed E-state index contributed by atoms with van der Waals surface area (Å²) in [7, 11) is 3.37. The molecule has 0 atom stereocenters. The maximum Gasteiger partial charge on any atom is 0.227 e. The lowest BCUT2D eigenvalue weighted by Gasteiger charge is -2.31. The lowest BCUT2D eigenvalue weighted by atomic mass is 9.95. The first-order valence-electron chi connectivity index (χ1n) is 11.1. The van der Waals surface area contributed by atoms with Crippen LogP contribution >= 0.6 is 0 Å². The van der Waals surface area contributed by atoms with Gasteiger partial charge < -0.3 is 14.8 Å². The zero-order valence-corrected chi connectivity index (χ0v) is 18.7. The minimum atomic E-state index is 0.0318. The van der Waals surface area contributed by atoms with Crippen molar-refractivity contribution in [3.05, 3.63) is 78.4 Å². The molecule has 0 radical (unpaired) electrons. The second-order valence-electron chi connectivity index (χ2n) is 8.16. The highest BCUT2D eigenvalue weighted by molar-refractivity contribution is 5.93. The van der Waals surface area contributed by atoms with E-state index in [-0.39, 0.29) is 11.8 Å². The SMILES string of the molecule is COc1cccc(-c2cccc(NC(=O)C3CCN(Cc4ccccc4OC)CC3)c2)c1.